The Morgan fingerprint density at radius 3 is 1.64 bits per heavy atom. The van der Waals surface area contributed by atoms with Gasteiger partial charge in [-0.25, -0.2) is 0 Å². The van der Waals surface area contributed by atoms with Gasteiger partial charge in [0, 0.05) is 6.08 Å². The van der Waals surface area contributed by atoms with E-state index in [1.54, 1.807) is 0 Å². The molecule has 2 aliphatic carbocycles. The van der Waals surface area contributed by atoms with Gasteiger partial charge in [0.25, 0.3) is 0 Å². The molecule has 0 radical (unpaired) electrons. The topological polar surface area (TPSA) is 0 Å². The molecule has 0 saturated heterocycles. The molecule has 0 N–H and O–H groups in total. The number of benzene rings is 1. The summed E-state index contributed by atoms with van der Waals surface area (Å²) in [5.74, 6) is 2.18. The van der Waals surface area contributed by atoms with Gasteiger partial charge in [-0.15, -0.1) is 0 Å². The van der Waals surface area contributed by atoms with Crippen molar-refractivity contribution in [1.82, 2.24) is 0 Å². The molecular formula is C22H29F3. The normalized spacial score (nSPS) is 31.4. The van der Waals surface area contributed by atoms with Crippen molar-refractivity contribution in [2.24, 2.45) is 11.8 Å². The first-order chi connectivity index (χ1) is 11.9. The molecule has 0 atom stereocenters. The maximum absolute atomic E-state index is 12.3. The van der Waals surface area contributed by atoms with Crippen LogP contribution in [0.25, 0.3) is 0 Å². The quantitative estimate of drug-likeness (QED) is 0.499. The van der Waals surface area contributed by atoms with Crippen LogP contribution in [0.4, 0.5) is 13.2 Å². The number of hydrogen-bond donors (Lipinski definition) is 0. The molecule has 0 aromatic heterocycles. The van der Waals surface area contributed by atoms with Gasteiger partial charge in [-0.1, -0.05) is 50.1 Å². The lowest BCUT2D eigenvalue weighted by molar-refractivity contribution is -0.0803. The molecule has 138 valence electrons. The summed E-state index contributed by atoms with van der Waals surface area (Å²) in [6.45, 7) is 2.35. The van der Waals surface area contributed by atoms with E-state index in [0.717, 1.165) is 31.6 Å². The SMILES string of the molecule is CC1CCC(c2ccc(C3CCC(/C=C/C(F)(F)F)CC3)cc2)CC1. The van der Waals surface area contributed by atoms with Crippen molar-refractivity contribution >= 4 is 0 Å². The molecule has 3 rings (SSSR count). The Labute approximate surface area is 149 Å². The van der Waals surface area contributed by atoms with Crippen LogP contribution >= 0.6 is 0 Å². The second kappa shape index (κ2) is 7.97. The molecule has 3 heteroatoms. The summed E-state index contributed by atoms with van der Waals surface area (Å²) in [6, 6.07) is 9.13. The largest absolute Gasteiger partial charge is 0.409 e. The van der Waals surface area contributed by atoms with Crippen molar-refractivity contribution in [3.63, 3.8) is 0 Å². The molecule has 0 spiro atoms. The molecule has 2 aliphatic rings. The lowest BCUT2D eigenvalue weighted by atomic mass is 9.77. The minimum atomic E-state index is -4.18. The van der Waals surface area contributed by atoms with Crippen LogP contribution in [0.2, 0.25) is 0 Å². The van der Waals surface area contributed by atoms with Crippen molar-refractivity contribution in [3.05, 3.63) is 47.5 Å². The van der Waals surface area contributed by atoms with E-state index >= 15 is 0 Å². The standard InChI is InChI=1S/C22H29F3/c1-16-2-6-18(7-3-16)20-10-12-21(13-11-20)19-8-4-17(5-9-19)14-15-22(23,24)25/h10-19H,2-9H2,1H3/b15-14+. The van der Waals surface area contributed by atoms with Crippen molar-refractivity contribution in [3.8, 4) is 0 Å². The van der Waals surface area contributed by atoms with E-state index in [1.807, 2.05) is 0 Å². The van der Waals surface area contributed by atoms with Gasteiger partial charge >= 0.3 is 6.18 Å². The molecule has 1 aromatic rings. The molecule has 0 amide bonds. The van der Waals surface area contributed by atoms with Crippen molar-refractivity contribution in [2.75, 3.05) is 0 Å². The zero-order chi connectivity index (χ0) is 17.9. The Balaban J connectivity index is 1.53. The first-order valence-electron chi connectivity index (χ1n) is 9.76. The number of allylic oxidation sites excluding steroid dienone is 2. The Kier molecular flexibility index (Phi) is 5.91. The fraction of sp³-hybridized carbons (Fsp3) is 0.636. The first kappa shape index (κ1) is 18.5. The molecule has 25 heavy (non-hydrogen) atoms. The predicted octanol–water partition coefficient (Wildman–Crippen LogP) is 7.37. The fourth-order valence-electron chi connectivity index (χ4n) is 4.52. The van der Waals surface area contributed by atoms with Gasteiger partial charge in [0.15, 0.2) is 0 Å². The van der Waals surface area contributed by atoms with Crippen LogP contribution in [-0.2, 0) is 0 Å². The zero-order valence-corrected chi connectivity index (χ0v) is 15.1. The van der Waals surface area contributed by atoms with Crippen LogP contribution in [-0.4, -0.2) is 6.18 Å². The fourth-order valence-corrected chi connectivity index (χ4v) is 4.52. The van der Waals surface area contributed by atoms with Gasteiger partial charge < -0.3 is 0 Å². The summed E-state index contributed by atoms with van der Waals surface area (Å²) in [5.41, 5.74) is 2.84. The molecule has 0 heterocycles. The van der Waals surface area contributed by atoms with Gasteiger partial charge in [-0.3, -0.25) is 0 Å². The van der Waals surface area contributed by atoms with Gasteiger partial charge in [-0.05, 0) is 73.3 Å². The third-order valence-electron chi connectivity index (χ3n) is 6.22. The monoisotopic (exact) mass is 350 g/mol. The van der Waals surface area contributed by atoms with Gasteiger partial charge in [-0.2, -0.15) is 13.2 Å². The maximum Gasteiger partial charge on any atom is 0.409 e. The Bertz CT molecular complexity index is 554. The van der Waals surface area contributed by atoms with Crippen molar-refractivity contribution in [2.45, 2.75) is 76.3 Å². The highest BCUT2D eigenvalue weighted by atomic mass is 19.4. The Hall–Kier alpha value is -1.25. The maximum atomic E-state index is 12.3. The molecule has 0 bridgehead atoms. The number of halogens is 3. The van der Waals surface area contributed by atoms with Gasteiger partial charge in [0.1, 0.15) is 0 Å². The van der Waals surface area contributed by atoms with Crippen LogP contribution in [0.1, 0.15) is 81.3 Å². The van der Waals surface area contributed by atoms with Crippen molar-refractivity contribution in [1.29, 1.82) is 0 Å². The van der Waals surface area contributed by atoms with E-state index in [2.05, 4.69) is 31.2 Å². The number of rotatable bonds is 3. The molecule has 0 unspecified atom stereocenters. The molecule has 2 fully saturated rings. The first-order valence-corrected chi connectivity index (χ1v) is 9.76. The highest BCUT2D eigenvalue weighted by molar-refractivity contribution is 5.28. The second-order valence-corrected chi connectivity index (χ2v) is 8.14. The van der Waals surface area contributed by atoms with E-state index in [0.29, 0.717) is 17.9 Å². The highest BCUT2D eigenvalue weighted by Crippen LogP contribution is 2.39. The average Bonchev–Trinajstić information content (AvgIpc) is 2.61. The van der Waals surface area contributed by atoms with Crippen LogP contribution in [0.3, 0.4) is 0 Å². The van der Waals surface area contributed by atoms with Gasteiger partial charge in [0.2, 0.25) is 0 Å². The molecule has 1 aromatic carbocycles. The average molecular weight is 350 g/mol. The molecule has 2 saturated carbocycles. The Morgan fingerprint density at radius 1 is 0.760 bits per heavy atom. The lowest BCUT2D eigenvalue weighted by Crippen LogP contribution is -2.13. The smallest absolute Gasteiger partial charge is 0.167 e. The third-order valence-corrected chi connectivity index (χ3v) is 6.22. The van der Waals surface area contributed by atoms with Crippen LogP contribution in [0.5, 0.6) is 0 Å². The summed E-state index contributed by atoms with van der Waals surface area (Å²) in [7, 11) is 0. The Morgan fingerprint density at radius 2 is 1.20 bits per heavy atom. The third kappa shape index (κ3) is 5.36. The van der Waals surface area contributed by atoms with E-state index in [9.17, 15) is 13.2 Å². The van der Waals surface area contributed by atoms with Gasteiger partial charge in [0.05, 0.1) is 0 Å². The minimum absolute atomic E-state index is 0.0846. The van der Waals surface area contributed by atoms with Crippen molar-refractivity contribution < 1.29 is 13.2 Å². The van der Waals surface area contributed by atoms with E-state index in [1.165, 1.54) is 42.9 Å². The highest BCUT2D eigenvalue weighted by Gasteiger charge is 2.26. The summed E-state index contributed by atoms with van der Waals surface area (Å²) < 4.78 is 36.8. The molecular weight excluding hydrogens is 321 g/mol. The van der Waals surface area contributed by atoms with Crippen LogP contribution < -0.4 is 0 Å². The van der Waals surface area contributed by atoms with Crippen LogP contribution in [0, 0.1) is 11.8 Å². The molecule has 0 nitrogen and oxygen atoms in total. The summed E-state index contributed by atoms with van der Waals surface area (Å²) in [6.07, 6.45) is 6.59. The minimum Gasteiger partial charge on any atom is -0.167 e. The summed E-state index contributed by atoms with van der Waals surface area (Å²) >= 11 is 0. The van der Waals surface area contributed by atoms with E-state index in [-0.39, 0.29) is 5.92 Å². The van der Waals surface area contributed by atoms with E-state index < -0.39 is 6.18 Å². The van der Waals surface area contributed by atoms with Crippen LogP contribution in [0.15, 0.2) is 36.4 Å². The second-order valence-electron chi connectivity index (χ2n) is 8.14. The summed E-state index contributed by atoms with van der Waals surface area (Å²) in [4.78, 5) is 0. The van der Waals surface area contributed by atoms with E-state index in [4.69, 9.17) is 0 Å². The summed E-state index contributed by atoms with van der Waals surface area (Å²) in [5, 5.41) is 0. The zero-order valence-electron chi connectivity index (χ0n) is 15.1. The number of hydrogen-bond acceptors (Lipinski definition) is 0. The predicted molar refractivity (Wildman–Crippen MR) is 96.7 cm³/mol. The lowest BCUT2D eigenvalue weighted by Gasteiger charge is -2.29. The number of alkyl halides is 3. The molecule has 0 aliphatic heterocycles.